The molecule has 2 fully saturated rings. The highest BCUT2D eigenvalue weighted by atomic mass is 16.6. The molecule has 4 atom stereocenters. The summed E-state index contributed by atoms with van der Waals surface area (Å²) in [5, 5.41) is 0. The van der Waals surface area contributed by atoms with E-state index in [2.05, 4.69) is 0 Å². The smallest absolute Gasteiger partial charge is 0.115 e. The summed E-state index contributed by atoms with van der Waals surface area (Å²) >= 11 is 0. The molecule has 0 aromatic heterocycles. The van der Waals surface area contributed by atoms with E-state index in [-0.39, 0.29) is 30.5 Å². The van der Waals surface area contributed by atoms with Gasteiger partial charge in [-0.1, -0.05) is 0 Å². The first-order valence-corrected chi connectivity index (χ1v) is 5.72. The molecule has 0 radical (unpaired) electrons. The Hall–Kier alpha value is -0.160. The Morgan fingerprint density at radius 1 is 1.13 bits per heavy atom. The maximum Gasteiger partial charge on any atom is 0.115 e. The minimum Gasteiger partial charge on any atom is -0.373 e. The summed E-state index contributed by atoms with van der Waals surface area (Å²) in [7, 11) is 0. The molecule has 0 amide bonds. The predicted molar refractivity (Wildman–Crippen MR) is 54.9 cm³/mol. The third-order valence-electron chi connectivity index (χ3n) is 2.79. The standard InChI is InChI=1S/C11H20O4/c1-4-12-8-5-13-11-9(15-7(2)3)6-14-10(8)11/h7-11H,4-6H2,1-3H3/t8-,9+,10+,11+/m0/s1. The molecule has 0 saturated carbocycles. The fourth-order valence-corrected chi connectivity index (χ4v) is 2.25. The molecule has 0 spiro atoms. The van der Waals surface area contributed by atoms with Gasteiger partial charge >= 0.3 is 0 Å². The van der Waals surface area contributed by atoms with Crippen LogP contribution in [0.3, 0.4) is 0 Å². The van der Waals surface area contributed by atoms with Crippen molar-refractivity contribution in [3.8, 4) is 0 Å². The third kappa shape index (κ3) is 2.33. The molecular formula is C11H20O4. The van der Waals surface area contributed by atoms with E-state index >= 15 is 0 Å². The minimum atomic E-state index is 0.0592. The molecule has 88 valence electrons. The van der Waals surface area contributed by atoms with Crippen molar-refractivity contribution in [2.45, 2.75) is 51.3 Å². The lowest BCUT2D eigenvalue weighted by molar-refractivity contribution is -0.0657. The van der Waals surface area contributed by atoms with Crippen LogP contribution in [0.5, 0.6) is 0 Å². The molecule has 0 bridgehead atoms. The molecule has 0 N–H and O–H groups in total. The van der Waals surface area contributed by atoms with E-state index < -0.39 is 0 Å². The topological polar surface area (TPSA) is 36.9 Å². The second-order valence-corrected chi connectivity index (χ2v) is 4.31. The van der Waals surface area contributed by atoms with Gasteiger partial charge in [0.05, 0.1) is 19.3 Å². The molecule has 2 aliphatic rings. The van der Waals surface area contributed by atoms with Crippen LogP contribution in [0.4, 0.5) is 0 Å². The van der Waals surface area contributed by atoms with Crippen LogP contribution in [0.1, 0.15) is 20.8 Å². The largest absolute Gasteiger partial charge is 0.373 e. The maximum absolute atomic E-state index is 5.75. The second-order valence-electron chi connectivity index (χ2n) is 4.31. The molecule has 2 heterocycles. The molecule has 4 heteroatoms. The fourth-order valence-electron chi connectivity index (χ4n) is 2.25. The van der Waals surface area contributed by atoms with Gasteiger partial charge < -0.3 is 18.9 Å². The van der Waals surface area contributed by atoms with Gasteiger partial charge in [0.1, 0.15) is 24.4 Å². The van der Waals surface area contributed by atoms with Crippen molar-refractivity contribution in [1.82, 2.24) is 0 Å². The summed E-state index contributed by atoms with van der Waals surface area (Å²) in [5.41, 5.74) is 0. The van der Waals surface area contributed by atoms with Crippen molar-refractivity contribution in [3.05, 3.63) is 0 Å². The molecule has 2 saturated heterocycles. The molecule has 2 aliphatic heterocycles. The van der Waals surface area contributed by atoms with Crippen molar-refractivity contribution >= 4 is 0 Å². The Morgan fingerprint density at radius 3 is 2.33 bits per heavy atom. The second kappa shape index (κ2) is 4.78. The first-order chi connectivity index (χ1) is 7.22. The zero-order valence-corrected chi connectivity index (χ0v) is 9.64. The molecule has 4 nitrogen and oxygen atoms in total. The van der Waals surface area contributed by atoms with E-state index in [0.717, 1.165) is 0 Å². The van der Waals surface area contributed by atoms with Crippen molar-refractivity contribution in [3.63, 3.8) is 0 Å². The quantitative estimate of drug-likeness (QED) is 0.702. The lowest BCUT2D eigenvalue weighted by Crippen LogP contribution is -2.35. The number of hydrogen-bond donors (Lipinski definition) is 0. The number of rotatable bonds is 4. The van der Waals surface area contributed by atoms with Crippen LogP contribution in [-0.4, -0.2) is 50.3 Å². The normalized spacial score (nSPS) is 40.0. The van der Waals surface area contributed by atoms with E-state index in [1.54, 1.807) is 0 Å². The van der Waals surface area contributed by atoms with Crippen LogP contribution >= 0.6 is 0 Å². The number of fused-ring (bicyclic) bond motifs is 1. The highest BCUT2D eigenvalue weighted by Gasteiger charge is 2.48. The average Bonchev–Trinajstić information content (AvgIpc) is 2.71. The molecular weight excluding hydrogens is 196 g/mol. The van der Waals surface area contributed by atoms with Gasteiger partial charge in [-0.3, -0.25) is 0 Å². The summed E-state index contributed by atoms with van der Waals surface area (Å²) in [5.74, 6) is 0. The summed E-state index contributed by atoms with van der Waals surface area (Å²) in [4.78, 5) is 0. The highest BCUT2D eigenvalue weighted by Crippen LogP contribution is 2.30. The lowest BCUT2D eigenvalue weighted by Gasteiger charge is -2.19. The van der Waals surface area contributed by atoms with Gasteiger partial charge in [0.15, 0.2) is 0 Å². The minimum absolute atomic E-state index is 0.0592. The van der Waals surface area contributed by atoms with Gasteiger partial charge in [-0.2, -0.15) is 0 Å². The van der Waals surface area contributed by atoms with E-state index in [0.29, 0.717) is 19.8 Å². The van der Waals surface area contributed by atoms with Crippen molar-refractivity contribution < 1.29 is 18.9 Å². The Kier molecular flexibility index (Phi) is 3.61. The Balaban J connectivity index is 1.90. The molecule has 2 rings (SSSR count). The monoisotopic (exact) mass is 216 g/mol. The fraction of sp³-hybridized carbons (Fsp3) is 1.00. The molecule has 0 unspecified atom stereocenters. The summed E-state index contributed by atoms with van der Waals surface area (Å²) < 4.78 is 22.7. The van der Waals surface area contributed by atoms with E-state index in [9.17, 15) is 0 Å². The number of ether oxygens (including phenoxy) is 4. The molecule has 0 aromatic carbocycles. The summed E-state index contributed by atoms with van der Waals surface area (Å²) in [6.07, 6.45) is 0.492. The maximum atomic E-state index is 5.75. The van der Waals surface area contributed by atoms with Crippen LogP contribution in [0.15, 0.2) is 0 Å². The van der Waals surface area contributed by atoms with Crippen LogP contribution in [-0.2, 0) is 18.9 Å². The first kappa shape index (κ1) is 11.3. The molecule has 0 aromatic rings. The third-order valence-corrected chi connectivity index (χ3v) is 2.79. The summed E-state index contributed by atoms with van der Waals surface area (Å²) in [6, 6.07) is 0. The predicted octanol–water partition coefficient (Wildman–Crippen LogP) is 0.983. The Bertz CT molecular complexity index is 207. The van der Waals surface area contributed by atoms with Gasteiger partial charge in [-0.15, -0.1) is 0 Å². The van der Waals surface area contributed by atoms with Gasteiger partial charge in [-0.05, 0) is 20.8 Å². The zero-order chi connectivity index (χ0) is 10.8. The van der Waals surface area contributed by atoms with Crippen molar-refractivity contribution in [2.75, 3.05) is 19.8 Å². The van der Waals surface area contributed by atoms with Crippen molar-refractivity contribution in [2.24, 2.45) is 0 Å². The SMILES string of the molecule is CCO[C@H]1CO[C@H]2[C@@H]1OC[C@H]2OC(C)C. The van der Waals surface area contributed by atoms with Crippen LogP contribution in [0.2, 0.25) is 0 Å². The van der Waals surface area contributed by atoms with Crippen LogP contribution in [0.25, 0.3) is 0 Å². The van der Waals surface area contributed by atoms with Crippen LogP contribution in [0, 0.1) is 0 Å². The zero-order valence-electron chi connectivity index (χ0n) is 9.64. The number of hydrogen-bond acceptors (Lipinski definition) is 4. The Morgan fingerprint density at radius 2 is 1.73 bits per heavy atom. The highest BCUT2D eigenvalue weighted by molar-refractivity contribution is 4.95. The molecule has 15 heavy (non-hydrogen) atoms. The summed E-state index contributed by atoms with van der Waals surface area (Å²) in [6.45, 7) is 8.00. The van der Waals surface area contributed by atoms with Gasteiger partial charge in [0, 0.05) is 6.61 Å². The van der Waals surface area contributed by atoms with E-state index in [1.807, 2.05) is 20.8 Å². The van der Waals surface area contributed by atoms with Gasteiger partial charge in [0.2, 0.25) is 0 Å². The van der Waals surface area contributed by atoms with Crippen molar-refractivity contribution in [1.29, 1.82) is 0 Å². The van der Waals surface area contributed by atoms with Crippen LogP contribution < -0.4 is 0 Å². The first-order valence-electron chi connectivity index (χ1n) is 5.72. The molecule has 0 aliphatic carbocycles. The van der Waals surface area contributed by atoms with Gasteiger partial charge in [0.25, 0.3) is 0 Å². The lowest BCUT2D eigenvalue weighted by atomic mass is 10.1. The Labute approximate surface area is 90.8 Å². The van der Waals surface area contributed by atoms with E-state index in [4.69, 9.17) is 18.9 Å². The average molecular weight is 216 g/mol. The van der Waals surface area contributed by atoms with E-state index in [1.165, 1.54) is 0 Å². The van der Waals surface area contributed by atoms with Gasteiger partial charge in [-0.25, -0.2) is 0 Å².